The van der Waals surface area contributed by atoms with Crippen molar-refractivity contribution >= 4 is 10.8 Å². The van der Waals surface area contributed by atoms with Gasteiger partial charge in [0.2, 0.25) is 0 Å². The zero-order chi connectivity index (χ0) is 18.3. The third kappa shape index (κ3) is 2.62. The Labute approximate surface area is 151 Å². The fourth-order valence-electron chi connectivity index (χ4n) is 3.36. The molecule has 0 amide bonds. The molecule has 1 unspecified atom stereocenters. The van der Waals surface area contributed by atoms with Gasteiger partial charge >= 0.3 is 0 Å². The molecule has 0 saturated heterocycles. The van der Waals surface area contributed by atoms with Crippen molar-refractivity contribution in [2.45, 2.75) is 13.0 Å². The van der Waals surface area contributed by atoms with Crippen molar-refractivity contribution in [3.8, 4) is 16.8 Å². The molecule has 0 bridgehead atoms. The predicted octanol–water partition coefficient (Wildman–Crippen LogP) is 3.41. The number of pyridine rings is 1. The summed E-state index contributed by atoms with van der Waals surface area (Å²) in [6.07, 6.45) is 3.70. The van der Waals surface area contributed by atoms with Gasteiger partial charge < -0.3 is 5.73 Å². The average Bonchev–Trinajstić information content (AvgIpc) is 3.08. The lowest BCUT2D eigenvalue weighted by Gasteiger charge is -2.18. The molecular formula is C21H20N4O. The molecule has 5 nitrogen and oxygen atoms in total. The maximum atomic E-state index is 13.5. The number of fused-ring (bicyclic) bond motifs is 1. The van der Waals surface area contributed by atoms with E-state index < -0.39 is 0 Å². The van der Waals surface area contributed by atoms with Crippen LogP contribution in [0.3, 0.4) is 0 Å². The van der Waals surface area contributed by atoms with E-state index in [0.29, 0.717) is 5.39 Å². The smallest absolute Gasteiger partial charge is 0.263 e. The first-order valence-electron chi connectivity index (χ1n) is 8.55. The van der Waals surface area contributed by atoms with Crippen LogP contribution in [-0.2, 0) is 7.05 Å². The summed E-state index contributed by atoms with van der Waals surface area (Å²) in [4.78, 5) is 13.5. The van der Waals surface area contributed by atoms with E-state index >= 15 is 0 Å². The Kier molecular flexibility index (Phi) is 3.93. The van der Waals surface area contributed by atoms with Crippen LogP contribution in [0.1, 0.15) is 18.7 Å². The van der Waals surface area contributed by atoms with Gasteiger partial charge in [-0.1, -0.05) is 36.4 Å². The Morgan fingerprint density at radius 3 is 2.50 bits per heavy atom. The highest BCUT2D eigenvalue weighted by Crippen LogP contribution is 2.28. The number of hydrogen-bond acceptors (Lipinski definition) is 3. The molecule has 0 aliphatic carbocycles. The standard InChI is InChI=1S/C21H20N4O/c1-14(22)19-11-15-7-6-10-18(16-12-23-24(2)13-16)20(15)21(26)25(19)17-8-4-3-5-9-17/h3-14H,22H2,1-2H3. The highest BCUT2D eigenvalue weighted by atomic mass is 16.1. The van der Waals surface area contributed by atoms with Crippen molar-refractivity contribution in [2.24, 2.45) is 12.8 Å². The third-order valence-electron chi connectivity index (χ3n) is 4.57. The number of aryl methyl sites for hydroxylation is 1. The molecule has 130 valence electrons. The lowest BCUT2D eigenvalue weighted by molar-refractivity contribution is 0.734. The van der Waals surface area contributed by atoms with E-state index in [1.165, 1.54) is 0 Å². The molecular weight excluding hydrogens is 324 g/mol. The first-order valence-corrected chi connectivity index (χ1v) is 8.55. The molecule has 0 aliphatic heterocycles. The summed E-state index contributed by atoms with van der Waals surface area (Å²) in [5.74, 6) is 0. The summed E-state index contributed by atoms with van der Waals surface area (Å²) in [6, 6.07) is 17.2. The van der Waals surface area contributed by atoms with Crippen LogP contribution >= 0.6 is 0 Å². The van der Waals surface area contributed by atoms with Gasteiger partial charge in [-0.25, -0.2) is 0 Å². The summed E-state index contributed by atoms with van der Waals surface area (Å²) >= 11 is 0. The summed E-state index contributed by atoms with van der Waals surface area (Å²) in [7, 11) is 1.87. The number of benzene rings is 2. The molecule has 0 fully saturated rings. The van der Waals surface area contributed by atoms with Crippen LogP contribution in [0.25, 0.3) is 27.6 Å². The van der Waals surface area contributed by atoms with Crippen LogP contribution in [0.4, 0.5) is 0 Å². The molecule has 1 atom stereocenters. The maximum absolute atomic E-state index is 13.5. The second kappa shape index (κ2) is 6.28. The Balaban J connectivity index is 2.12. The summed E-state index contributed by atoms with van der Waals surface area (Å²) in [6.45, 7) is 1.89. The lowest BCUT2D eigenvalue weighted by Crippen LogP contribution is -2.26. The van der Waals surface area contributed by atoms with E-state index in [9.17, 15) is 4.79 Å². The Morgan fingerprint density at radius 2 is 1.85 bits per heavy atom. The molecule has 2 aromatic carbocycles. The van der Waals surface area contributed by atoms with Gasteiger partial charge in [-0.2, -0.15) is 5.10 Å². The summed E-state index contributed by atoms with van der Waals surface area (Å²) in [5, 5.41) is 5.80. The first-order chi connectivity index (χ1) is 12.6. The van der Waals surface area contributed by atoms with Gasteiger partial charge in [-0.05, 0) is 36.1 Å². The average molecular weight is 344 g/mol. The van der Waals surface area contributed by atoms with Crippen molar-refractivity contribution < 1.29 is 0 Å². The van der Waals surface area contributed by atoms with Gasteiger partial charge in [0.1, 0.15) is 0 Å². The lowest BCUT2D eigenvalue weighted by atomic mass is 10.00. The maximum Gasteiger partial charge on any atom is 0.263 e. The summed E-state index contributed by atoms with van der Waals surface area (Å²) < 4.78 is 3.45. The highest BCUT2D eigenvalue weighted by molar-refractivity contribution is 5.96. The molecule has 2 N–H and O–H groups in total. The summed E-state index contributed by atoms with van der Waals surface area (Å²) in [5.41, 5.74) is 9.52. The molecule has 0 aliphatic rings. The van der Waals surface area contributed by atoms with Gasteiger partial charge in [0.15, 0.2) is 0 Å². The zero-order valence-electron chi connectivity index (χ0n) is 14.8. The van der Waals surface area contributed by atoms with E-state index in [-0.39, 0.29) is 11.6 Å². The fourth-order valence-corrected chi connectivity index (χ4v) is 3.36. The number of nitrogens with two attached hydrogens (primary N) is 1. The minimum atomic E-state index is -0.269. The number of aromatic nitrogens is 3. The van der Waals surface area contributed by atoms with Crippen molar-refractivity contribution in [1.82, 2.24) is 14.3 Å². The minimum absolute atomic E-state index is 0.0690. The Morgan fingerprint density at radius 1 is 1.08 bits per heavy atom. The number of hydrogen-bond donors (Lipinski definition) is 1. The highest BCUT2D eigenvalue weighted by Gasteiger charge is 2.17. The van der Waals surface area contributed by atoms with Crippen molar-refractivity contribution in [2.75, 3.05) is 0 Å². The first kappa shape index (κ1) is 16.3. The van der Waals surface area contributed by atoms with E-state index in [2.05, 4.69) is 5.10 Å². The van der Waals surface area contributed by atoms with Gasteiger partial charge in [-0.15, -0.1) is 0 Å². The number of para-hydroxylation sites is 1. The van der Waals surface area contributed by atoms with Crippen molar-refractivity contribution in [3.05, 3.63) is 83.0 Å². The van der Waals surface area contributed by atoms with Crippen LogP contribution in [0.2, 0.25) is 0 Å². The van der Waals surface area contributed by atoms with Crippen LogP contribution in [0.5, 0.6) is 0 Å². The zero-order valence-corrected chi connectivity index (χ0v) is 14.8. The van der Waals surface area contributed by atoms with Gasteiger partial charge in [0.25, 0.3) is 5.56 Å². The molecule has 5 heteroatoms. The molecule has 4 rings (SSSR count). The molecule has 2 heterocycles. The number of rotatable bonds is 3. The van der Waals surface area contributed by atoms with Gasteiger partial charge in [0, 0.05) is 36.2 Å². The van der Waals surface area contributed by atoms with E-state index in [0.717, 1.165) is 27.9 Å². The van der Waals surface area contributed by atoms with Gasteiger partial charge in [0.05, 0.1) is 11.6 Å². The van der Waals surface area contributed by atoms with E-state index in [1.807, 2.05) is 74.8 Å². The predicted molar refractivity (Wildman–Crippen MR) is 104 cm³/mol. The fraction of sp³-hybridized carbons (Fsp3) is 0.143. The minimum Gasteiger partial charge on any atom is -0.323 e. The monoisotopic (exact) mass is 344 g/mol. The second-order valence-electron chi connectivity index (χ2n) is 6.51. The van der Waals surface area contributed by atoms with Crippen LogP contribution in [0.15, 0.2) is 71.8 Å². The normalized spacial score (nSPS) is 12.4. The van der Waals surface area contributed by atoms with Crippen LogP contribution < -0.4 is 11.3 Å². The molecule has 0 saturated carbocycles. The molecule has 26 heavy (non-hydrogen) atoms. The Hall–Kier alpha value is -3.18. The Bertz CT molecular complexity index is 1140. The van der Waals surface area contributed by atoms with E-state index in [4.69, 9.17) is 5.73 Å². The molecule has 0 radical (unpaired) electrons. The quantitative estimate of drug-likeness (QED) is 0.619. The van der Waals surface area contributed by atoms with Crippen LogP contribution in [0, 0.1) is 0 Å². The SMILES string of the molecule is CC(N)c1cc2cccc(-c3cnn(C)c3)c2c(=O)n1-c1ccccc1. The van der Waals surface area contributed by atoms with Crippen molar-refractivity contribution in [3.63, 3.8) is 0 Å². The largest absolute Gasteiger partial charge is 0.323 e. The van der Waals surface area contributed by atoms with Crippen molar-refractivity contribution in [1.29, 1.82) is 0 Å². The van der Waals surface area contributed by atoms with Gasteiger partial charge in [-0.3, -0.25) is 14.0 Å². The van der Waals surface area contributed by atoms with E-state index in [1.54, 1.807) is 15.4 Å². The molecule has 4 aromatic rings. The third-order valence-corrected chi connectivity index (χ3v) is 4.57. The topological polar surface area (TPSA) is 65.8 Å². The molecule has 0 spiro atoms. The second-order valence-corrected chi connectivity index (χ2v) is 6.51. The number of nitrogens with zero attached hydrogens (tertiary/aromatic N) is 3. The van der Waals surface area contributed by atoms with Crippen LogP contribution in [-0.4, -0.2) is 14.3 Å². The molecule has 2 aromatic heterocycles.